The van der Waals surface area contributed by atoms with Crippen molar-refractivity contribution in [2.45, 2.75) is 0 Å². The lowest BCUT2D eigenvalue weighted by Gasteiger charge is -2.03. The average Bonchev–Trinajstić information content (AvgIpc) is 2.53. The molecule has 3 aromatic rings. The predicted octanol–water partition coefficient (Wildman–Crippen LogP) is 3.84. The number of benzene rings is 2. The molecule has 0 fully saturated rings. The molecule has 2 aromatic carbocycles. The molecule has 0 bridgehead atoms. The normalized spacial score (nSPS) is 11.1. The van der Waals surface area contributed by atoms with Crippen molar-refractivity contribution in [3.05, 3.63) is 72.1 Å². The third-order valence-corrected chi connectivity index (χ3v) is 3.54. The van der Waals surface area contributed by atoms with E-state index >= 15 is 0 Å². The lowest BCUT2D eigenvalue weighted by Crippen LogP contribution is -2.25. The molecule has 0 aliphatic rings. The second-order valence-corrected chi connectivity index (χ2v) is 5.10. The van der Waals surface area contributed by atoms with Crippen LogP contribution in [0, 0.1) is 0 Å². The summed E-state index contributed by atoms with van der Waals surface area (Å²) < 4.78 is 7.28. The van der Waals surface area contributed by atoms with Crippen molar-refractivity contribution in [2.24, 2.45) is 7.05 Å². The molecule has 1 heterocycles. The van der Waals surface area contributed by atoms with Crippen LogP contribution in [0.5, 0.6) is 5.75 Å². The zero-order valence-corrected chi connectivity index (χ0v) is 12.3. The van der Waals surface area contributed by atoms with E-state index in [-0.39, 0.29) is 0 Å². The van der Waals surface area contributed by atoms with Gasteiger partial charge in [-0.1, -0.05) is 30.4 Å². The van der Waals surface area contributed by atoms with Crippen molar-refractivity contribution in [3.63, 3.8) is 0 Å². The molecule has 0 amide bonds. The molecule has 1 aromatic heterocycles. The van der Waals surface area contributed by atoms with Crippen LogP contribution in [0.15, 0.2) is 60.9 Å². The maximum Gasteiger partial charge on any atom is 0.169 e. The van der Waals surface area contributed by atoms with Crippen LogP contribution in [0.1, 0.15) is 11.1 Å². The Morgan fingerprint density at radius 2 is 1.48 bits per heavy atom. The summed E-state index contributed by atoms with van der Waals surface area (Å²) in [5, 5.41) is 2.41. The van der Waals surface area contributed by atoms with Crippen LogP contribution in [0.3, 0.4) is 0 Å². The SMILES string of the molecule is COc1ccc2cc(/C=C/c3cc[n+](C)cc3)ccc2c1. The van der Waals surface area contributed by atoms with Gasteiger partial charge in [-0.15, -0.1) is 0 Å². The van der Waals surface area contributed by atoms with Crippen LogP contribution in [-0.4, -0.2) is 7.11 Å². The van der Waals surface area contributed by atoms with Gasteiger partial charge in [-0.05, 0) is 40.1 Å². The van der Waals surface area contributed by atoms with Crippen LogP contribution in [0.25, 0.3) is 22.9 Å². The van der Waals surface area contributed by atoms with Gasteiger partial charge < -0.3 is 4.74 Å². The number of pyridine rings is 1. The van der Waals surface area contributed by atoms with Crippen LogP contribution < -0.4 is 9.30 Å². The molecule has 0 spiro atoms. The number of fused-ring (bicyclic) bond motifs is 1. The molecule has 21 heavy (non-hydrogen) atoms. The van der Waals surface area contributed by atoms with Crippen LogP contribution in [-0.2, 0) is 7.05 Å². The van der Waals surface area contributed by atoms with Crippen molar-refractivity contribution >= 4 is 22.9 Å². The van der Waals surface area contributed by atoms with E-state index in [1.165, 1.54) is 21.9 Å². The molecule has 3 rings (SSSR count). The van der Waals surface area contributed by atoms with Gasteiger partial charge in [-0.3, -0.25) is 0 Å². The van der Waals surface area contributed by atoms with Gasteiger partial charge >= 0.3 is 0 Å². The number of hydrogen-bond acceptors (Lipinski definition) is 1. The molecule has 0 aliphatic heterocycles. The van der Waals surface area contributed by atoms with E-state index in [9.17, 15) is 0 Å². The highest BCUT2D eigenvalue weighted by Crippen LogP contribution is 2.22. The van der Waals surface area contributed by atoms with Crippen LogP contribution in [0.4, 0.5) is 0 Å². The first kappa shape index (κ1) is 13.4. The van der Waals surface area contributed by atoms with E-state index < -0.39 is 0 Å². The maximum atomic E-state index is 5.25. The second-order valence-electron chi connectivity index (χ2n) is 5.10. The summed E-state index contributed by atoms with van der Waals surface area (Å²) in [6.45, 7) is 0. The summed E-state index contributed by atoms with van der Waals surface area (Å²) in [5.41, 5.74) is 2.39. The number of methoxy groups -OCH3 is 1. The van der Waals surface area contributed by atoms with E-state index in [0.717, 1.165) is 5.75 Å². The predicted molar refractivity (Wildman–Crippen MR) is 87.0 cm³/mol. The van der Waals surface area contributed by atoms with Gasteiger partial charge in [0.1, 0.15) is 12.8 Å². The van der Waals surface area contributed by atoms with Crippen molar-refractivity contribution in [1.29, 1.82) is 0 Å². The number of rotatable bonds is 3. The summed E-state index contributed by atoms with van der Waals surface area (Å²) in [6, 6.07) is 16.8. The fourth-order valence-electron chi connectivity index (χ4n) is 2.29. The summed E-state index contributed by atoms with van der Waals surface area (Å²) in [6.07, 6.45) is 8.36. The fourth-order valence-corrected chi connectivity index (χ4v) is 2.29. The molecule has 0 saturated heterocycles. The Morgan fingerprint density at radius 1 is 0.810 bits per heavy atom. The molecule has 0 saturated carbocycles. The van der Waals surface area contributed by atoms with Crippen molar-refractivity contribution in [1.82, 2.24) is 0 Å². The van der Waals surface area contributed by atoms with Crippen molar-refractivity contribution in [2.75, 3.05) is 7.11 Å². The zero-order chi connectivity index (χ0) is 14.7. The van der Waals surface area contributed by atoms with Gasteiger partial charge in [-0.2, -0.15) is 0 Å². The van der Waals surface area contributed by atoms with E-state index in [2.05, 4.69) is 54.6 Å². The fraction of sp³-hybridized carbons (Fsp3) is 0.105. The second kappa shape index (κ2) is 5.80. The maximum absolute atomic E-state index is 5.25. The minimum absolute atomic E-state index is 0.892. The zero-order valence-electron chi connectivity index (χ0n) is 12.3. The minimum atomic E-state index is 0.892. The Kier molecular flexibility index (Phi) is 3.69. The van der Waals surface area contributed by atoms with Crippen LogP contribution >= 0.6 is 0 Å². The van der Waals surface area contributed by atoms with Gasteiger partial charge in [0.2, 0.25) is 0 Å². The average molecular weight is 276 g/mol. The van der Waals surface area contributed by atoms with Gasteiger partial charge in [0.05, 0.1) is 7.11 Å². The van der Waals surface area contributed by atoms with Gasteiger partial charge in [0, 0.05) is 12.1 Å². The number of hydrogen-bond donors (Lipinski definition) is 0. The Balaban J connectivity index is 1.88. The standard InChI is InChI=1S/C19H18NO/c1-20-11-9-15(10-12-20)3-4-16-5-6-18-14-19(21-2)8-7-17(18)13-16/h3-14H,1-2H3/q+1/b4-3+. The molecule has 0 radical (unpaired) electrons. The third-order valence-electron chi connectivity index (χ3n) is 3.54. The smallest absolute Gasteiger partial charge is 0.169 e. The Hall–Kier alpha value is -2.61. The number of nitrogens with zero attached hydrogens (tertiary/aromatic N) is 1. The molecule has 0 aliphatic carbocycles. The van der Waals surface area contributed by atoms with Crippen molar-refractivity contribution < 1.29 is 9.30 Å². The lowest BCUT2D eigenvalue weighted by molar-refractivity contribution is -0.671. The topological polar surface area (TPSA) is 13.1 Å². The molecular weight excluding hydrogens is 258 g/mol. The number of aryl methyl sites for hydroxylation is 1. The monoisotopic (exact) mass is 276 g/mol. The molecule has 2 nitrogen and oxygen atoms in total. The molecule has 104 valence electrons. The highest BCUT2D eigenvalue weighted by molar-refractivity contribution is 5.87. The summed E-state index contributed by atoms with van der Waals surface area (Å²) >= 11 is 0. The van der Waals surface area contributed by atoms with E-state index in [1.54, 1.807) is 7.11 Å². The van der Waals surface area contributed by atoms with Gasteiger partial charge in [0.15, 0.2) is 12.4 Å². The van der Waals surface area contributed by atoms with E-state index in [4.69, 9.17) is 4.74 Å². The lowest BCUT2D eigenvalue weighted by atomic mass is 10.1. The molecule has 2 heteroatoms. The van der Waals surface area contributed by atoms with Crippen LogP contribution in [0.2, 0.25) is 0 Å². The van der Waals surface area contributed by atoms with E-state index in [0.29, 0.717) is 0 Å². The summed E-state index contributed by atoms with van der Waals surface area (Å²) in [4.78, 5) is 0. The summed E-state index contributed by atoms with van der Waals surface area (Å²) in [7, 11) is 3.71. The highest BCUT2D eigenvalue weighted by atomic mass is 16.5. The summed E-state index contributed by atoms with van der Waals surface area (Å²) in [5.74, 6) is 0.892. The van der Waals surface area contributed by atoms with E-state index in [1.807, 2.05) is 30.1 Å². The first-order valence-electron chi connectivity index (χ1n) is 6.96. The largest absolute Gasteiger partial charge is 0.497 e. The van der Waals surface area contributed by atoms with Gasteiger partial charge in [-0.25, -0.2) is 4.57 Å². The number of ether oxygens (including phenoxy) is 1. The first-order valence-corrected chi connectivity index (χ1v) is 6.96. The molecule has 0 atom stereocenters. The third kappa shape index (κ3) is 3.11. The van der Waals surface area contributed by atoms with Gasteiger partial charge in [0.25, 0.3) is 0 Å². The first-order chi connectivity index (χ1) is 10.2. The Labute approximate surface area is 124 Å². The highest BCUT2D eigenvalue weighted by Gasteiger charge is 1.97. The quantitative estimate of drug-likeness (QED) is 0.662. The Morgan fingerprint density at radius 3 is 2.24 bits per heavy atom. The molecule has 0 unspecified atom stereocenters. The molecular formula is C19H18NO+. The molecule has 0 N–H and O–H groups in total. The minimum Gasteiger partial charge on any atom is -0.497 e. The number of aromatic nitrogens is 1. The Bertz CT molecular complexity index is 788. The van der Waals surface area contributed by atoms with Crippen molar-refractivity contribution in [3.8, 4) is 5.75 Å².